The molecule has 0 saturated carbocycles. The summed E-state index contributed by atoms with van der Waals surface area (Å²) < 4.78 is 0. The fourth-order valence-corrected chi connectivity index (χ4v) is 0.535. The molecule has 0 spiro atoms. The second-order valence-corrected chi connectivity index (χ2v) is 1.73. The number of carbonyl (C=O) groups is 2. The van der Waals surface area contributed by atoms with E-state index in [-0.39, 0.29) is 18.9 Å². The highest BCUT2D eigenvalue weighted by Crippen LogP contribution is 1.98. The Hall–Kier alpha value is -1.06. The summed E-state index contributed by atoms with van der Waals surface area (Å²) in [5, 5.41) is 0. The summed E-state index contributed by atoms with van der Waals surface area (Å²) in [5.41, 5.74) is 4.79. The normalized spacial score (nSPS) is 18.0. The Kier molecular flexibility index (Phi) is 0.932. The lowest BCUT2D eigenvalue weighted by molar-refractivity contribution is -0.126. The topological polar surface area (TPSA) is 63.4 Å². The molecule has 2 amide bonds. The zero-order valence-electron chi connectivity index (χ0n) is 4.26. The minimum atomic E-state index is -0.510. The molecule has 4 nitrogen and oxygen atoms in total. The van der Waals surface area contributed by atoms with Gasteiger partial charge in [0.15, 0.2) is 5.78 Å². The van der Waals surface area contributed by atoms with Crippen LogP contribution >= 0.6 is 0 Å². The van der Waals surface area contributed by atoms with Gasteiger partial charge in [0, 0.05) is 0 Å². The first-order valence-corrected chi connectivity index (χ1v) is 2.26. The number of nitrogens with two attached hydrogens (primary N) is 1. The van der Waals surface area contributed by atoms with E-state index < -0.39 is 6.03 Å². The summed E-state index contributed by atoms with van der Waals surface area (Å²) in [6.45, 7) is 0.407. The van der Waals surface area contributed by atoms with Gasteiger partial charge < -0.3 is 10.6 Å². The summed E-state index contributed by atoms with van der Waals surface area (Å²) in [7, 11) is 0. The molecule has 1 rings (SSSR count). The zero-order valence-corrected chi connectivity index (χ0v) is 4.26. The smallest absolute Gasteiger partial charge is 0.315 e. The second-order valence-electron chi connectivity index (χ2n) is 1.73. The monoisotopic (exact) mass is 114 g/mol. The van der Waals surface area contributed by atoms with E-state index in [1.807, 2.05) is 0 Å². The van der Waals surface area contributed by atoms with Gasteiger partial charge in [-0.05, 0) is 0 Å². The van der Waals surface area contributed by atoms with Crippen LogP contribution in [0.1, 0.15) is 0 Å². The molecule has 0 bridgehead atoms. The number of urea groups is 1. The average molecular weight is 114 g/mol. The first-order chi connectivity index (χ1) is 3.70. The Morgan fingerprint density at radius 3 is 2.25 bits per heavy atom. The van der Waals surface area contributed by atoms with Crippen molar-refractivity contribution in [2.45, 2.75) is 0 Å². The van der Waals surface area contributed by atoms with Crippen LogP contribution < -0.4 is 5.73 Å². The van der Waals surface area contributed by atoms with E-state index in [1.165, 1.54) is 4.90 Å². The van der Waals surface area contributed by atoms with E-state index in [2.05, 4.69) is 0 Å². The fourth-order valence-electron chi connectivity index (χ4n) is 0.535. The minimum Gasteiger partial charge on any atom is -0.351 e. The van der Waals surface area contributed by atoms with Crippen LogP contribution in [0, 0.1) is 0 Å². The molecule has 4 heteroatoms. The fraction of sp³-hybridized carbons (Fsp3) is 0.500. The Bertz CT molecular complexity index is 135. The van der Waals surface area contributed by atoms with Gasteiger partial charge in [0.25, 0.3) is 0 Å². The molecular weight excluding hydrogens is 108 g/mol. The summed E-state index contributed by atoms with van der Waals surface area (Å²) in [6, 6.07) is -0.510. The number of ketones is 1. The lowest BCUT2D eigenvalue weighted by atomic mass is 10.2. The number of primary amides is 1. The third-order valence-corrected chi connectivity index (χ3v) is 1.05. The van der Waals surface area contributed by atoms with Crippen molar-refractivity contribution in [1.29, 1.82) is 0 Å². The quantitative estimate of drug-likeness (QED) is 0.436. The van der Waals surface area contributed by atoms with E-state index in [1.54, 1.807) is 0 Å². The van der Waals surface area contributed by atoms with Crippen LogP contribution in [0.2, 0.25) is 0 Å². The van der Waals surface area contributed by atoms with Gasteiger partial charge >= 0.3 is 6.03 Å². The Morgan fingerprint density at radius 1 is 1.62 bits per heavy atom. The summed E-state index contributed by atoms with van der Waals surface area (Å²) in [6.07, 6.45) is 0. The van der Waals surface area contributed by atoms with E-state index in [4.69, 9.17) is 5.73 Å². The van der Waals surface area contributed by atoms with Gasteiger partial charge in [0.1, 0.15) is 0 Å². The predicted octanol–water partition coefficient (Wildman–Crippen LogP) is -1.05. The largest absolute Gasteiger partial charge is 0.351 e. The summed E-state index contributed by atoms with van der Waals surface area (Å²) in [4.78, 5) is 21.6. The van der Waals surface area contributed by atoms with Crippen molar-refractivity contribution in [1.82, 2.24) is 4.90 Å². The number of hydrogen-bond donors (Lipinski definition) is 1. The molecule has 1 saturated heterocycles. The minimum absolute atomic E-state index is 0.0730. The molecular formula is C4H6N2O2. The van der Waals surface area contributed by atoms with Crippen molar-refractivity contribution in [2.75, 3.05) is 13.1 Å². The molecule has 8 heavy (non-hydrogen) atoms. The standard InChI is InChI=1S/C4H6N2O2/c5-4(8)6-1-3(7)2-6/h1-2H2,(H2,5,8). The second kappa shape index (κ2) is 1.47. The van der Waals surface area contributed by atoms with Crippen LogP contribution in [-0.4, -0.2) is 29.8 Å². The van der Waals surface area contributed by atoms with Gasteiger partial charge in [0.2, 0.25) is 0 Å². The van der Waals surface area contributed by atoms with Crippen LogP contribution in [0.25, 0.3) is 0 Å². The maximum Gasteiger partial charge on any atom is 0.315 e. The van der Waals surface area contributed by atoms with Crippen molar-refractivity contribution < 1.29 is 9.59 Å². The molecule has 44 valence electrons. The SMILES string of the molecule is NC(=O)N1CC(=O)C1. The lowest BCUT2D eigenvalue weighted by Gasteiger charge is -2.26. The molecule has 0 atom stereocenters. The summed E-state index contributed by atoms with van der Waals surface area (Å²) in [5.74, 6) is 0.0730. The molecule has 0 aromatic rings. The molecule has 0 aromatic carbocycles. The van der Waals surface area contributed by atoms with Gasteiger partial charge in [-0.1, -0.05) is 0 Å². The van der Waals surface area contributed by atoms with E-state index >= 15 is 0 Å². The molecule has 1 heterocycles. The first-order valence-electron chi connectivity index (χ1n) is 2.26. The van der Waals surface area contributed by atoms with Crippen LogP contribution in [0.5, 0.6) is 0 Å². The van der Waals surface area contributed by atoms with Crippen LogP contribution in [0.4, 0.5) is 4.79 Å². The number of Topliss-reactive ketones (excluding diaryl/α,β-unsaturated/α-hetero) is 1. The molecule has 1 fully saturated rings. The molecule has 1 aliphatic rings. The van der Waals surface area contributed by atoms with Crippen LogP contribution in [0.3, 0.4) is 0 Å². The maximum absolute atomic E-state index is 10.2. The lowest BCUT2D eigenvalue weighted by Crippen LogP contribution is -2.52. The third-order valence-electron chi connectivity index (χ3n) is 1.05. The van der Waals surface area contributed by atoms with E-state index in [9.17, 15) is 9.59 Å². The van der Waals surface area contributed by atoms with Gasteiger partial charge in [-0.15, -0.1) is 0 Å². The number of amides is 2. The first kappa shape index (κ1) is 5.08. The van der Waals surface area contributed by atoms with Crippen molar-refractivity contribution in [2.24, 2.45) is 5.73 Å². The van der Waals surface area contributed by atoms with Crippen molar-refractivity contribution in [3.05, 3.63) is 0 Å². The third kappa shape index (κ3) is 0.641. The molecule has 0 aliphatic carbocycles. The maximum atomic E-state index is 10.2. The molecule has 0 radical (unpaired) electrons. The number of carbonyl (C=O) groups excluding carboxylic acids is 2. The van der Waals surface area contributed by atoms with Gasteiger partial charge in [0.05, 0.1) is 13.1 Å². The number of rotatable bonds is 0. The van der Waals surface area contributed by atoms with E-state index in [0.717, 1.165) is 0 Å². The molecule has 0 unspecified atom stereocenters. The number of hydrogen-bond acceptors (Lipinski definition) is 2. The Balaban J connectivity index is 2.35. The highest BCUT2D eigenvalue weighted by atomic mass is 16.2. The Labute approximate surface area is 46.3 Å². The molecule has 1 aliphatic heterocycles. The number of likely N-dealkylation sites (tertiary alicyclic amines) is 1. The predicted molar refractivity (Wildman–Crippen MR) is 26.2 cm³/mol. The van der Waals surface area contributed by atoms with E-state index in [0.29, 0.717) is 0 Å². The summed E-state index contributed by atoms with van der Waals surface area (Å²) >= 11 is 0. The van der Waals surface area contributed by atoms with Gasteiger partial charge in [-0.3, -0.25) is 4.79 Å². The van der Waals surface area contributed by atoms with Crippen LogP contribution in [0.15, 0.2) is 0 Å². The molecule has 2 N–H and O–H groups in total. The zero-order chi connectivity index (χ0) is 6.15. The van der Waals surface area contributed by atoms with Gasteiger partial charge in [-0.25, -0.2) is 4.79 Å². The van der Waals surface area contributed by atoms with Crippen molar-refractivity contribution in [3.63, 3.8) is 0 Å². The Morgan fingerprint density at radius 2 is 2.12 bits per heavy atom. The molecule has 0 aromatic heterocycles. The van der Waals surface area contributed by atoms with Crippen molar-refractivity contribution >= 4 is 11.8 Å². The number of nitrogens with zero attached hydrogens (tertiary/aromatic N) is 1. The highest BCUT2D eigenvalue weighted by Gasteiger charge is 2.25. The average Bonchev–Trinajstić information content (AvgIpc) is 1.57. The van der Waals surface area contributed by atoms with Gasteiger partial charge in [-0.2, -0.15) is 0 Å². The highest BCUT2D eigenvalue weighted by molar-refractivity contribution is 5.95. The van der Waals surface area contributed by atoms with Crippen LogP contribution in [-0.2, 0) is 4.79 Å². The van der Waals surface area contributed by atoms with Crippen molar-refractivity contribution in [3.8, 4) is 0 Å².